The van der Waals surface area contributed by atoms with Gasteiger partial charge in [-0.1, -0.05) is 18.2 Å². The Morgan fingerprint density at radius 3 is 2.72 bits per heavy atom. The number of fused-ring (bicyclic) bond motifs is 2. The Kier molecular flexibility index (Phi) is 4.79. The minimum atomic E-state index is -4.58. The summed E-state index contributed by atoms with van der Waals surface area (Å²) in [6.07, 6.45) is -4.59. The van der Waals surface area contributed by atoms with Crippen molar-refractivity contribution in [2.24, 2.45) is 0 Å². The number of aromatic nitrogens is 4. The molecule has 168 valence electrons. The number of nitrogens with zero attached hydrogens (tertiary/aromatic N) is 4. The average Bonchev–Trinajstić information content (AvgIpc) is 3.37. The number of benzene rings is 1. The van der Waals surface area contributed by atoms with Gasteiger partial charge in [-0.2, -0.15) is 23.4 Å². The van der Waals surface area contributed by atoms with Crippen molar-refractivity contribution < 1.29 is 31.8 Å². The number of rotatable bonds is 3. The van der Waals surface area contributed by atoms with Crippen LogP contribution >= 0.6 is 0 Å². The number of aryl methyl sites for hydroxylation is 1. The lowest BCUT2D eigenvalue weighted by molar-refractivity contribution is -0.141. The first-order valence-corrected chi connectivity index (χ1v) is 9.85. The molecule has 1 N–H and O–H groups in total. The van der Waals surface area contributed by atoms with Gasteiger partial charge in [-0.05, 0) is 6.07 Å². The molecule has 2 aromatic heterocycles. The quantitative estimate of drug-likeness (QED) is 0.620. The molecule has 0 fully saturated rings. The molecule has 0 saturated heterocycles. The molecule has 1 unspecified atom stereocenters. The molecule has 1 aromatic carbocycles. The van der Waals surface area contributed by atoms with Crippen LogP contribution in [0.15, 0.2) is 36.4 Å². The van der Waals surface area contributed by atoms with E-state index in [1.165, 1.54) is 16.8 Å². The zero-order valence-electron chi connectivity index (χ0n) is 16.5. The van der Waals surface area contributed by atoms with Crippen molar-refractivity contribution in [3.63, 3.8) is 0 Å². The molecule has 0 spiro atoms. The fourth-order valence-corrected chi connectivity index (χ4v) is 3.74. The number of halogens is 4. The van der Waals surface area contributed by atoms with Crippen LogP contribution in [0.5, 0.6) is 11.8 Å². The van der Waals surface area contributed by atoms with E-state index in [0.717, 1.165) is 10.7 Å². The van der Waals surface area contributed by atoms with E-state index < -0.39 is 29.9 Å². The van der Waals surface area contributed by atoms with Crippen molar-refractivity contribution in [1.29, 1.82) is 0 Å². The summed E-state index contributed by atoms with van der Waals surface area (Å²) in [5, 5.41) is 10.4. The van der Waals surface area contributed by atoms with Crippen LogP contribution in [0.3, 0.4) is 0 Å². The van der Waals surface area contributed by atoms with Crippen LogP contribution in [0.2, 0.25) is 0 Å². The van der Waals surface area contributed by atoms with Crippen molar-refractivity contribution in [3.05, 3.63) is 59.2 Å². The first-order chi connectivity index (χ1) is 15.3. The van der Waals surface area contributed by atoms with Crippen molar-refractivity contribution in [2.45, 2.75) is 37.8 Å². The fraction of sp³-hybridized carbons (Fsp3) is 0.350. The maximum Gasteiger partial charge on any atom is 0.435 e. The van der Waals surface area contributed by atoms with E-state index in [1.807, 2.05) is 0 Å². The molecular weight excluding hydrogens is 434 g/mol. The van der Waals surface area contributed by atoms with E-state index in [1.54, 1.807) is 18.2 Å². The van der Waals surface area contributed by atoms with Crippen LogP contribution in [0.1, 0.15) is 34.3 Å². The van der Waals surface area contributed by atoms with Crippen molar-refractivity contribution in [1.82, 2.24) is 24.9 Å². The number of nitrogens with one attached hydrogen (secondary N) is 1. The number of hydrogen-bond donors (Lipinski definition) is 1. The molecule has 0 radical (unpaired) electrons. The van der Waals surface area contributed by atoms with Crippen molar-refractivity contribution in [2.75, 3.05) is 6.61 Å². The molecule has 32 heavy (non-hydrogen) atoms. The fourth-order valence-electron chi connectivity index (χ4n) is 3.74. The second-order valence-corrected chi connectivity index (χ2v) is 7.54. The maximum absolute atomic E-state index is 14.1. The maximum atomic E-state index is 14.1. The molecule has 12 heteroatoms. The Balaban J connectivity index is 1.26. The summed E-state index contributed by atoms with van der Waals surface area (Å²) < 4.78 is 66.3. The van der Waals surface area contributed by atoms with E-state index in [4.69, 9.17) is 9.47 Å². The highest BCUT2D eigenvalue weighted by Gasteiger charge is 2.37. The normalized spacial score (nSPS) is 20.0. The van der Waals surface area contributed by atoms with Gasteiger partial charge in [0.1, 0.15) is 18.5 Å². The van der Waals surface area contributed by atoms with E-state index in [-0.39, 0.29) is 30.5 Å². The first kappa shape index (κ1) is 20.3. The highest BCUT2D eigenvalue weighted by molar-refractivity contribution is 5.92. The molecule has 0 aliphatic carbocycles. The minimum Gasteiger partial charge on any atom is -0.476 e. The van der Waals surface area contributed by atoms with Crippen LogP contribution in [0.4, 0.5) is 17.6 Å². The van der Waals surface area contributed by atoms with E-state index in [2.05, 4.69) is 15.5 Å². The lowest BCUT2D eigenvalue weighted by atomic mass is 10.1. The Labute approximate surface area is 178 Å². The Bertz CT molecular complexity index is 1170. The van der Waals surface area contributed by atoms with Gasteiger partial charge in [0.2, 0.25) is 11.8 Å². The largest absolute Gasteiger partial charge is 0.476 e. The number of ether oxygens (including phenoxy) is 2. The van der Waals surface area contributed by atoms with Gasteiger partial charge in [-0.25, -0.2) is 13.8 Å². The first-order valence-electron chi connectivity index (χ1n) is 9.85. The molecule has 4 heterocycles. The van der Waals surface area contributed by atoms with E-state index in [9.17, 15) is 22.4 Å². The second kappa shape index (κ2) is 7.53. The number of hydrogen-bond acceptors (Lipinski definition) is 5. The lowest BCUT2D eigenvalue weighted by Crippen LogP contribution is -2.45. The van der Waals surface area contributed by atoms with Crippen LogP contribution in [0, 0.1) is 5.82 Å². The molecule has 0 bridgehead atoms. The molecule has 8 nitrogen and oxygen atoms in total. The highest BCUT2D eigenvalue weighted by Crippen LogP contribution is 2.33. The number of alkyl halides is 3. The summed E-state index contributed by atoms with van der Waals surface area (Å²) >= 11 is 0. The third-order valence-corrected chi connectivity index (χ3v) is 5.29. The molecule has 2 aliphatic heterocycles. The second-order valence-electron chi connectivity index (χ2n) is 7.54. The molecule has 1 amide bonds. The van der Waals surface area contributed by atoms with Gasteiger partial charge in [0, 0.05) is 30.7 Å². The van der Waals surface area contributed by atoms with Crippen molar-refractivity contribution >= 4 is 5.91 Å². The molecule has 3 aromatic rings. The molecule has 2 atom stereocenters. The summed E-state index contributed by atoms with van der Waals surface area (Å²) in [4.78, 5) is 12.6. The van der Waals surface area contributed by atoms with E-state index >= 15 is 0 Å². The van der Waals surface area contributed by atoms with Gasteiger partial charge in [-0.15, -0.1) is 0 Å². The molecule has 5 rings (SSSR count). The molecule has 0 saturated carbocycles. The van der Waals surface area contributed by atoms with Gasteiger partial charge in [0.15, 0.2) is 11.4 Å². The van der Waals surface area contributed by atoms with Gasteiger partial charge in [-0.3, -0.25) is 4.79 Å². The summed E-state index contributed by atoms with van der Waals surface area (Å²) in [7, 11) is 0. The Morgan fingerprint density at radius 2 is 1.94 bits per heavy atom. The number of carbonyl (C=O) groups is 1. The Morgan fingerprint density at radius 1 is 1.12 bits per heavy atom. The van der Waals surface area contributed by atoms with Crippen molar-refractivity contribution in [3.8, 4) is 11.8 Å². The third kappa shape index (κ3) is 3.76. The smallest absolute Gasteiger partial charge is 0.435 e. The zero-order chi connectivity index (χ0) is 22.5. The molecular formula is C20H17F4N5O3. The summed E-state index contributed by atoms with van der Waals surface area (Å²) in [5.41, 5.74) is -0.544. The van der Waals surface area contributed by atoms with Crippen LogP contribution in [-0.4, -0.2) is 38.1 Å². The average molecular weight is 451 g/mol. The third-order valence-electron chi connectivity index (χ3n) is 5.29. The number of carbonyl (C=O) groups excluding carboxylic acids is 1. The highest BCUT2D eigenvalue weighted by atomic mass is 19.4. The minimum absolute atomic E-state index is 0.00580. The topological polar surface area (TPSA) is 83.2 Å². The van der Waals surface area contributed by atoms with Gasteiger partial charge in [0.25, 0.3) is 5.91 Å². The van der Waals surface area contributed by atoms with Gasteiger partial charge >= 0.3 is 6.18 Å². The predicted octanol–water partition coefficient (Wildman–Crippen LogP) is 2.95. The molecule has 2 aliphatic rings. The summed E-state index contributed by atoms with van der Waals surface area (Å²) in [6.45, 7) is 0.454. The van der Waals surface area contributed by atoms with Crippen LogP contribution < -0.4 is 14.8 Å². The van der Waals surface area contributed by atoms with Gasteiger partial charge in [0.05, 0.1) is 12.6 Å². The van der Waals surface area contributed by atoms with Crippen LogP contribution in [-0.2, 0) is 19.3 Å². The SMILES string of the molecule is O=C(N[C@H]1COc2cc(C(F)(F)F)nn2C1)c1cc2n(n1)CCC(c1ccccc1F)O2. The number of amides is 1. The lowest BCUT2D eigenvalue weighted by Gasteiger charge is -2.25. The Hall–Kier alpha value is -3.57. The van der Waals surface area contributed by atoms with E-state index in [0.29, 0.717) is 24.4 Å². The van der Waals surface area contributed by atoms with Gasteiger partial charge < -0.3 is 14.8 Å². The zero-order valence-corrected chi connectivity index (χ0v) is 16.5. The predicted molar refractivity (Wildman–Crippen MR) is 101 cm³/mol. The monoisotopic (exact) mass is 451 g/mol. The summed E-state index contributed by atoms with van der Waals surface area (Å²) in [6, 6.07) is 8.01. The standard InChI is InChI=1S/C20H17F4N5O3/c21-13-4-2-1-3-12(13)15-5-6-28-18(32-15)7-14(26-28)19(30)25-11-9-29-17(31-10-11)8-16(27-29)20(22,23)24/h1-4,7-8,11,15H,5-6,9-10H2,(H,25,30)/t11-,15?/m1/s1. The van der Waals surface area contributed by atoms with Crippen LogP contribution in [0.25, 0.3) is 0 Å². The summed E-state index contributed by atoms with van der Waals surface area (Å²) in [5.74, 6) is -0.572.